The first-order valence-corrected chi connectivity index (χ1v) is 10.4. The monoisotopic (exact) mass is 387 g/mol. The van der Waals surface area contributed by atoms with Gasteiger partial charge in [0.05, 0.1) is 13.1 Å². The minimum absolute atomic E-state index is 0.183. The van der Waals surface area contributed by atoms with E-state index in [0.717, 1.165) is 49.2 Å². The second kappa shape index (κ2) is 9.17. The lowest BCUT2D eigenvalue weighted by Gasteiger charge is -2.40. The Morgan fingerprint density at radius 3 is 2.07 bits per heavy atom. The van der Waals surface area contributed by atoms with Gasteiger partial charge < -0.3 is 5.32 Å². The fourth-order valence-electron chi connectivity index (χ4n) is 4.09. The van der Waals surface area contributed by atoms with Crippen LogP contribution in [0, 0.1) is 5.82 Å². The van der Waals surface area contributed by atoms with E-state index in [0.29, 0.717) is 0 Å². The Kier molecular flexibility index (Phi) is 6.18. The molecule has 1 aliphatic heterocycles. The lowest BCUT2D eigenvalue weighted by molar-refractivity contribution is 0.263. The third kappa shape index (κ3) is 5.00. The Morgan fingerprint density at radius 1 is 0.793 bits per heavy atom. The molecule has 3 aromatic carbocycles. The summed E-state index contributed by atoms with van der Waals surface area (Å²) in [5, 5.41) is 3.50. The summed E-state index contributed by atoms with van der Waals surface area (Å²) in [6, 6.07) is 26.3. The summed E-state index contributed by atoms with van der Waals surface area (Å²) in [7, 11) is 0. The van der Waals surface area contributed by atoms with E-state index in [2.05, 4.69) is 72.1 Å². The molecule has 1 saturated heterocycles. The van der Waals surface area contributed by atoms with E-state index in [4.69, 9.17) is 0 Å². The number of hydrogen-bond donors (Lipinski definition) is 1. The summed E-state index contributed by atoms with van der Waals surface area (Å²) in [6.45, 7) is 5.26. The smallest absolute Gasteiger partial charge is 0.133 e. The molecule has 4 rings (SSSR count). The van der Waals surface area contributed by atoms with Gasteiger partial charge in [0.15, 0.2) is 0 Å². The van der Waals surface area contributed by atoms with Crippen molar-refractivity contribution in [3.8, 4) is 0 Å². The zero-order chi connectivity index (χ0) is 19.9. The van der Waals surface area contributed by atoms with Gasteiger partial charge in [-0.1, -0.05) is 60.7 Å². The van der Waals surface area contributed by atoms with Crippen LogP contribution in [0.2, 0.25) is 0 Å². The molecule has 0 spiro atoms. The van der Waals surface area contributed by atoms with Crippen molar-refractivity contribution in [1.82, 2.24) is 9.80 Å². The average molecular weight is 388 g/mol. The molecule has 0 amide bonds. The zero-order valence-corrected chi connectivity index (χ0v) is 16.7. The van der Waals surface area contributed by atoms with Crippen molar-refractivity contribution in [2.75, 3.05) is 32.7 Å². The van der Waals surface area contributed by atoms with Crippen molar-refractivity contribution in [3.63, 3.8) is 0 Å². The highest BCUT2D eigenvalue weighted by molar-refractivity contribution is 5.51. The van der Waals surface area contributed by atoms with E-state index in [1.807, 2.05) is 12.1 Å². The van der Waals surface area contributed by atoms with Crippen molar-refractivity contribution in [2.45, 2.75) is 6.42 Å². The molecule has 3 heteroatoms. The molecule has 148 valence electrons. The highest BCUT2D eigenvalue weighted by atomic mass is 19.1. The Bertz CT molecular complexity index is 925. The van der Waals surface area contributed by atoms with Gasteiger partial charge in [0, 0.05) is 13.1 Å². The van der Waals surface area contributed by atoms with Crippen molar-refractivity contribution >= 4 is 11.8 Å². The summed E-state index contributed by atoms with van der Waals surface area (Å²) in [5.41, 5.74) is 5.01. The zero-order valence-electron chi connectivity index (χ0n) is 16.7. The molecule has 0 saturated carbocycles. The molecule has 0 bridgehead atoms. The summed E-state index contributed by atoms with van der Waals surface area (Å²) in [5.74, 6) is -0.183. The Morgan fingerprint density at radius 2 is 1.41 bits per heavy atom. The SMILES string of the molecule is Fc1ccc(Cc2ccc([N+]3(CC=Cc4ccccc4)CCNCC3)cc2)cc1. The second-order valence-corrected chi connectivity index (χ2v) is 7.81. The van der Waals surface area contributed by atoms with Gasteiger partial charge in [-0.3, -0.25) is 4.48 Å². The fraction of sp³-hybridized carbons (Fsp3) is 0.231. The van der Waals surface area contributed by atoms with E-state index in [1.54, 1.807) is 0 Å². The first kappa shape index (κ1) is 19.6. The van der Waals surface area contributed by atoms with Gasteiger partial charge in [-0.2, -0.15) is 0 Å². The molecule has 0 radical (unpaired) electrons. The number of piperazine rings is 1. The van der Waals surface area contributed by atoms with E-state index in [9.17, 15) is 4.39 Å². The maximum Gasteiger partial charge on any atom is 0.133 e. The number of halogens is 1. The lowest BCUT2D eigenvalue weighted by Crippen LogP contribution is -2.59. The van der Waals surface area contributed by atoms with E-state index < -0.39 is 0 Å². The van der Waals surface area contributed by atoms with E-state index in [-0.39, 0.29) is 5.82 Å². The normalized spacial score (nSPS) is 16.2. The molecular weight excluding hydrogens is 359 g/mol. The van der Waals surface area contributed by atoms with Gasteiger partial charge in [0.2, 0.25) is 0 Å². The standard InChI is InChI=1S/C26H28FN2/c27-25-12-8-23(9-13-25)21-24-10-14-26(15-11-24)29(19-16-28-17-20-29)18-4-7-22-5-2-1-3-6-22/h1-15,28H,16-21H2/q+1. The third-order valence-corrected chi connectivity index (χ3v) is 5.80. The van der Waals surface area contributed by atoms with E-state index in [1.165, 1.54) is 28.9 Å². The topological polar surface area (TPSA) is 12.0 Å². The summed E-state index contributed by atoms with van der Waals surface area (Å²) in [6.07, 6.45) is 5.37. The van der Waals surface area contributed by atoms with Crippen LogP contribution in [0.3, 0.4) is 0 Å². The number of rotatable bonds is 6. The molecule has 2 nitrogen and oxygen atoms in total. The number of benzene rings is 3. The summed E-state index contributed by atoms with van der Waals surface area (Å²) in [4.78, 5) is 0. The summed E-state index contributed by atoms with van der Waals surface area (Å²) >= 11 is 0. The van der Waals surface area contributed by atoms with E-state index >= 15 is 0 Å². The molecule has 0 atom stereocenters. The summed E-state index contributed by atoms with van der Waals surface area (Å²) < 4.78 is 14.1. The van der Waals surface area contributed by atoms with Crippen LogP contribution >= 0.6 is 0 Å². The highest BCUT2D eigenvalue weighted by Crippen LogP contribution is 2.26. The maximum absolute atomic E-state index is 13.1. The first-order chi connectivity index (χ1) is 14.2. The maximum atomic E-state index is 13.1. The minimum atomic E-state index is -0.183. The molecule has 0 aliphatic carbocycles. The number of quaternary nitrogens is 1. The number of nitrogens with one attached hydrogen (secondary N) is 1. The van der Waals surface area contributed by atoms with Gasteiger partial charge in [0.25, 0.3) is 0 Å². The van der Waals surface area contributed by atoms with Crippen molar-refractivity contribution in [1.29, 1.82) is 0 Å². The minimum Gasteiger partial charge on any atom is -0.306 e. The number of hydrogen-bond acceptors (Lipinski definition) is 1. The Balaban J connectivity index is 1.50. The fourth-order valence-corrected chi connectivity index (χ4v) is 4.09. The predicted molar refractivity (Wildman–Crippen MR) is 120 cm³/mol. The molecule has 0 unspecified atom stereocenters. The molecule has 3 aromatic rings. The molecule has 1 N–H and O–H groups in total. The predicted octanol–water partition coefficient (Wildman–Crippen LogP) is 5.04. The largest absolute Gasteiger partial charge is 0.306 e. The van der Waals surface area contributed by atoms with Crippen LogP contribution in [-0.4, -0.2) is 32.7 Å². The van der Waals surface area contributed by atoms with Crippen LogP contribution in [0.25, 0.3) is 6.08 Å². The first-order valence-electron chi connectivity index (χ1n) is 10.4. The van der Waals surface area contributed by atoms with Crippen LogP contribution in [0.15, 0.2) is 84.9 Å². The highest BCUT2D eigenvalue weighted by Gasteiger charge is 2.31. The van der Waals surface area contributed by atoms with Crippen LogP contribution in [0.5, 0.6) is 0 Å². The third-order valence-electron chi connectivity index (χ3n) is 5.80. The molecular formula is C26H28FN2+. The quantitative estimate of drug-likeness (QED) is 0.584. The molecule has 1 heterocycles. The van der Waals surface area contributed by atoms with Crippen molar-refractivity contribution in [3.05, 3.63) is 107 Å². The van der Waals surface area contributed by atoms with Crippen LogP contribution in [-0.2, 0) is 6.42 Å². The van der Waals surface area contributed by atoms with Gasteiger partial charge in [-0.15, -0.1) is 0 Å². The lowest BCUT2D eigenvalue weighted by atomic mass is 10.0. The molecule has 1 fully saturated rings. The van der Waals surface area contributed by atoms with Crippen LogP contribution < -0.4 is 9.80 Å². The van der Waals surface area contributed by atoms with Crippen molar-refractivity contribution in [2.24, 2.45) is 0 Å². The van der Waals surface area contributed by atoms with Gasteiger partial charge in [0.1, 0.15) is 18.0 Å². The average Bonchev–Trinajstić information content (AvgIpc) is 2.77. The number of nitrogens with zero attached hydrogens (tertiary/aromatic N) is 1. The molecule has 0 aromatic heterocycles. The van der Waals surface area contributed by atoms with Crippen LogP contribution in [0.1, 0.15) is 16.7 Å². The van der Waals surface area contributed by atoms with Gasteiger partial charge in [-0.05, 0) is 53.5 Å². The van der Waals surface area contributed by atoms with Crippen LogP contribution in [0.4, 0.5) is 10.1 Å². The van der Waals surface area contributed by atoms with Crippen molar-refractivity contribution < 1.29 is 4.39 Å². The van der Waals surface area contributed by atoms with Gasteiger partial charge >= 0.3 is 0 Å². The Hall–Kier alpha value is -2.75. The second-order valence-electron chi connectivity index (χ2n) is 7.81. The van der Waals surface area contributed by atoms with Gasteiger partial charge in [-0.25, -0.2) is 4.39 Å². The molecule has 29 heavy (non-hydrogen) atoms. The molecule has 1 aliphatic rings. The Labute approximate surface area is 172 Å².